The lowest BCUT2D eigenvalue weighted by molar-refractivity contribution is -0.138. The van der Waals surface area contributed by atoms with Gasteiger partial charge in [0.1, 0.15) is 17.3 Å². The number of ether oxygens (including phenoxy) is 2. The van der Waals surface area contributed by atoms with Crippen molar-refractivity contribution >= 4 is 17.6 Å². The number of carbonyl (C=O) groups excluding carboxylic acids is 2. The molecule has 0 atom stereocenters. The fourth-order valence-corrected chi connectivity index (χ4v) is 2.03. The van der Waals surface area contributed by atoms with Crippen molar-refractivity contribution in [2.75, 3.05) is 19.5 Å². The van der Waals surface area contributed by atoms with E-state index in [0.29, 0.717) is 11.5 Å². The quantitative estimate of drug-likeness (QED) is 0.665. The van der Waals surface area contributed by atoms with E-state index in [0.717, 1.165) is 6.08 Å². The largest absolute Gasteiger partial charge is 0.466 e. The van der Waals surface area contributed by atoms with Crippen molar-refractivity contribution in [1.29, 1.82) is 0 Å². The Morgan fingerprint density at radius 2 is 2.04 bits per heavy atom. The minimum absolute atomic E-state index is 0.186. The van der Waals surface area contributed by atoms with E-state index in [1.807, 2.05) is 0 Å². The molecule has 0 bridgehead atoms. The highest BCUT2D eigenvalue weighted by Gasteiger charge is 2.16. The average molecular weight is 333 g/mol. The number of rotatable bonds is 5. The molecule has 0 aliphatic heterocycles. The Kier molecular flexibility index (Phi) is 5.31. The van der Waals surface area contributed by atoms with Gasteiger partial charge >= 0.3 is 11.9 Å². The molecule has 24 heavy (non-hydrogen) atoms. The standard InChI is InChI=1S/C16H16FN3O4/c1-10-18-6-7-20(10)14-5-4-11(17)8-12(14)19-13(16(22)24-3)9-15(21)23-2/h4-9,19H,1-3H3/b13-9+. The fraction of sp³-hybridized carbons (Fsp3) is 0.188. The highest BCUT2D eigenvalue weighted by Crippen LogP contribution is 2.24. The molecule has 1 aromatic heterocycles. The zero-order chi connectivity index (χ0) is 17.7. The third kappa shape index (κ3) is 3.78. The van der Waals surface area contributed by atoms with E-state index in [-0.39, 0.29) is 11.4 Å². The van der Waals surface area contributed by atoms with Gasteiger partial charge < -0.3 is 19.4 Å². The summed E-state index contributed by atoms with van der Waals surface area (Å²) in [6.07, 6.45) is 4.21. The smallest absolute Gasteiger partial charge is 0.354 e. The fourth-order valence-electron chi connectivity index (χ4n) is 2.03. The van der Waals surface area contributed by atoms with Gasteiger partial charge in [0.05, 0.1) is 31.7 Å². The predicted molar refractivity (Wildman–Crippen MR) is 84.0 cm³/mol. The third-order valence-electron chi connectivity index (χ3n) is 3.18. The number of nitrogens with one attached hydrogen (secondary N) is 1. The lowest BCUT2D eigenvalue weighted by Gasteiger charge is -2.15. The number of anilines is 1. The Bertz CT molecular complexity index is 798. The number of carbonyl (C=O) groups is 2. The Morgan fingerprint density at radius 1 is 1.29 bits per heavy atom. The van der Waals surface area contributed by atoms with Crippen molar-refractivity contribution in [3.05, 3.63) is 54.0 Å². The van der Waals surface area contributed by atoms with Crippen LogP contribution in [0.15, 0.2) is 42.4 Å². The monoisotopic (exact) mass is 333 g/mol. The molecule has 8 heteroatoms. The molecular formula is C16H16FN3O4. The van der Waals surface area contributed by atoms with E-state index in [1.54, 1.807) is 23.9 Å². The van der Waals surface area contributed by atoms with Crippen LogP contribution in [-0.2, 0) is 19.1 Å². The van der Waals surface area contributed by atoms with E-state index in [4.69, 9.17) is 0 Å². The highest BCUT2D eigenvalue weighted by atomic mass is 19.1. The van der Waals surface area contributed by atoms with Crippen molar-refractivity contribution < 1.29 is 23.5 Å². The number of imidazole rings is 1. The third-order valence-corrected chi connectivity index (χ3v) is 3.18. The topological polar surface area (TPSA) is 82.5 Å². The van der Waals surface area contributed by atoms with Crippen LogP contribution in [0.1, 0.15) is 5.82 Å². The molecule has 2 aromatic rings. The molecule has 2 rings (SSSR count). The average Bonchev–Trinajstić information content (AvgIpc) is 2.99. The maximum Gasteiger partial charge on any atom is 0.354 e. The second kappa shape index (κ2) is 7.40. The van der Waals surface area contributed by atoms with Crippen molar-refractivity contribution in [3.63, 3.8) is 0 Å². The normalized spacial score (nSPS) is 11.1. The number of methoxy groups -OCH3 is 2. The van der Waals surface area contributed by atoms with Crippen molar-refractivity contribution in [2.45, 2.75) is 6.92 Å². The number of aromatic nitrogens is 2. The molecule has 0 saturated heterocycles. The Labute approximate surface area is 137 Å². The van der Waals surface area contributed by atoms with Crippen molar-refractivity contribution in [1.82, 2.24) is 9.55 Å². The van der Waals surface area contributed by atoms with Crippen molar-refractivity contribution in [3.8, 4) is 5.69 Å². The Hall–Kier alpha value is -3.16. The summed E-state index contributed by atoms with van der Waals surface area (Å²) in [4.78, 5) is 27.4. The molecule has 1 heterocycles. The number of hydrogen-bond acceptors (Lipinski definition) is 6. The van der Waals surface area contributed by atoms with E-state index in [1.165, 1.54) is 32.4 Å². The first-order chi connectivity index (χ1) is 11.5. The molecule has 0 fully saturated rings. The van der Waals surface area contributed by atoms with Gasteiger partial charge in [-0.1, -0.05) is 0 Å². The maximum atomic E-state index is 13.7. The molecular weight excluding hydrogens is 317 g/mol. The molecule has 0 aliphatic carbocycles. The number of benzene rings is 1. The number of esters is 2. The number of nitrogens with zero attached hydrogens (tertiary/aromatic N) is 2. The predicted octanol–water partition coefficient (Wildman–Crippen LogP) is 1.96. The van der Waals surface area contributed by atoms with Gasteiger partial charge in [-0.05, 0) is 25.1 Å². The molecule has 1 N–H and O–H groups in total. The first-order valence-corrected chi connectivity index (χ1v) is 6.91. The molecule has 0 radical (unpaired) electrons. The molecule has 0 spiro atoms. The van der Waals surface area contributed by atoms with Crippen LogP contribution in [-0.4, -0.2) is 35.7 Å². The van der Waals surface area contributed by atoms with Gasteiger partial charge in [-0.3, -0.25) is 0 Å². The Balaban J connectivity index is 2.49. The number of halogens is 1. The molecule has 126 valence electrons. The van der Waals surface area contributed by atoms with E-state index >= 15 is 0 Å². The minimum atomic E-state index is -0.794. The number of hydrogen-bond donors (Lipinski definition) is 1. The van der Waals surface area contributed by atoms with Crippen molar-refractivity contribution in [2.24, 2.45) is 0 Å². The zero-order valence-corrected chi connectivity index (χ0v) is 13.4. The van der Waals surface area contributed by atoms with E-state index in [9.17, 15) is 14.0 Å². The molecule has 7 nitrogen and oxygen atoms in total. The molecule has 0 saturated carbocycles. The van der Waals surface area contributed by atoms with E-state index < -0.39 is 17.8 Å². The van der Waals surface area contributed by atoms with Crippen LogP contribution in [0.3, 0.4) is 0 Å². The molecule has 1 aromatic carbocycles. The summed E-state index contributed by atoms with van der Waals surface area (Å²) in [5.41, 5.74) is 0.622. The van der Waals surface area contributed by atoms with Crippen LogP contribution in [0.25, 0.3) is 5.69 Å². The summed E-state index contributed by atoms with van der Waals surface area (Å²) in [5, 5.41) is 2.72. The van der Waals surface area contributed by atoms with Crippen LogP contribution in [0.4, 0.5) is 10.1 Å². The highest BCUT2D eigenvalue weighted by molar-refractivity contribution is 5.99. The lowest BCUT2D eigenvalue weighted by Crippen LogP contribution is -2.16. The first kappa shape index (κ1) is 17.2. The first-order valence-electron chi connectivity index (χ1n) is 6.91. The van der Waals surface area contributed by atoms with Gasteiger partial charge in [-0.15, -0.1) is 0 Å². The molecule has 0 unspecified atom stereocenters. The van der Waals surface area contributed by atoms with Gasteiger partial charge in [0.15, 0.2) is 0 Å². The van der Waals surface area contributed by atoms with Gasteiger partial charge in [-0.25, -0.2) is 19.0 Å². The summed E-state index contributed by atoms with van der Waals surface area (Å²) in [7, 11) is 2.35. The summed E-state index contributed by atoms with van der Waals surface area (Å²) < 4.78 is 24.5. The van der Waals surface area contributed by atoms with E-state index in [2.05, 4.69) is 19.8 Å². The lowest BCUT2D eigenvalue weighted by atomic mass is 10.2. The second-order valence-corrected chi connectivity index (χ2v) is 4.70. The van der Waals surface area contributed by atoms with Gasteiger partial charge in [0, 0.05) is 12.4 Å². The minimum Gasteiger partial charge on any atom is -0.466 e. The molecule has 0 aliphatic rings. The van der Waals surface area contributed by atoms with Gasteiger partial charge in [0.2, 0.25) is 0 Å². The van der Waals surface area contributed by atoms with Crippen LogP contribution < -0.4 is 5.32 Å². The van der Waals surface area contributed by atoms with Crippen LogP contribution in [0, 0.1) is 12.7 Å². The van der Waals surface area contributed by atoms with Gasteiger partial charge in [-0.2, -0.15) is 0 Å². The summed E-state index contributed by atoms with van der Waals surface area (Å²) in [5.74, 6) is -1.39. The summed E-state index contributed by atoms with van der Waals surface area (Å²) in [6.45, 7) is 1.78. The summed E-state index contributed by atoms with van der Waals surface area (Å²) >= 11 is 0. The van der Waals surface area contributed by atoms with Crippen LogP contribution in [0.5, 0.6) is 0 Å². The van der Waals surface area contributed by atoms with Crippen LogP contribution in [0.2, 0.25) is 0 Å². The van der Waals surface area contributed by atoms with Gasteiger partial charge in [0.25, 0.3) is 0 Å². The summed E-state index contributed by atoms with van der Waals surface area (Å²) in [6, 6.07) is 4.00. The number of aryl methyl sites for hydroxylation is 1. The second-order valence-electron chi connectivity index (χ2n) is 4.70. The van der Waals surface area contributed by atoms with Crippen LogP contribution >= 0.6 is 0 Å². The molecule has 0 amide bonds. The maximum absolute atomic E-state index is 13.7. The zero-order valence-electron chi connectivity index (χ0n) is 13.4. The Morgan fingerprint density at radius 3 is 2.62 bits per heavy atom. The SMILES string of the molecule is COC(=O)/C=C(/Nc1cc(F)ccc1-n1ccnc1C)C(=O)OC.